The van der Waals surface area contributed by atoms with Gasteiger partial charge in [-0.1, -0.05) is 32.0 Å². The van der Waals surface area contributed by atoms with Gasteiger partial charge in [0.2, 0.25) is 0 Å². The van der Waals surface area contributed by atoms with Gasteiger partial charge in [0.15, 0.2) is 0 Å². The fourth-order valence-electron chi connectivity index (χ4n) is 1.26. The summed E-state index contributed by atoms with van der Waals surface area (Å²) in [6.07, 6.45) is 0.166. The highest BCUT2D eigenvalue weighted by Gasteiger charge is 2.11. The molecular formula is C14H19NO4. The first-order chi connectivity index (χ1) is 9.13. The molecule has 0 saturated carbocycles. The van der Waals surface area contributed by atoms with Crippen molar-refractivity contribution in [2.75, 3.05) is 18.5 Å². The van der Waals surface area contributed by atoms with Crippen molar-refractivity contribution in [2.45, 2.75) is 20.3 Å². The van der Waals surface area contributed by atoms with Crippen LogP contribution in [0, 0.1) is 5.92 Å². The van der Waals surface area contributed by atoms with E-state index in [0.717, 1.165) is 6.42 Å². The molecule has 1 rings (SSSR count). The summed E-state index contributed by atoms with van der Waals surface area (Å²) in [5.74, 6) is -0.396. The van der Waals surface area contributed by atoms with Gasteiger partial charge in [0, 0.05) is 5.69 Å². The lowest BCUT2D eigenvalue weighted by Crippen LogP contribution is -2.20. The van der Waals surface area contributed by atoms with Gasteiger partial charge in [-0.2, -0.15) is 0 Å². The molecule has 0 fully saturated rings. The smallest absolute Gasteiger partial charge is 0.411 e. The average molecular weight is 265 g/mol. The summed E-state index contributed by atoms with van der Waals surface area (Å²) in [4.78, 5) is 22.7. The van der Waals surface area contributed by atoms with Gasteiger partial charge >= 0.3 is 12.1 Å². The molecule has 1 unspecified atom stereocenters. The number of rotatable bonds is 6. The molecule has 1 N–H and O–H groups in total. The normalized spacial score (nSPS) is 11.5. The van der Waals surface area contributed by atoms with Crippen molar-refractivity contribution in [1.82, 2.24) is 0 Å². The first-order valence-electron chi connectivity index (χ1n) is 6.29. The van der Waals surface area contributed by atoms with Crippen LogP contribution in [0.1, 0.15) is 20.3 Å². The second-order valence-electron chi connectivity index (χ2n) is 4.10. The SMILES string of the molecule is CCC(C)C(=O)OCCOC(=O)Nc1ccccc1. The van der Waals surface area contributed by atoms with E-state index in [1.807, 2.05) is 25.1 Å². The minimum atomic E-state index is -0.564. The molecule has 1 atom stereocenters. The quantitative estimate of drug-likeness (QED) is 0.634. The van der Waals surface area contributed by atoms with E-state index >= 15 is 0 Å². The molecule has 0 spiro atoms. The molecule has 19 heavy (non-hydrogen) atoms. The van der Waals surface area contributed by atoms with Crippen molar-refractivity contribution < 1.29 is 19.1 Å². The van der Waals surface area contributed by atoms with E-state index < -0.39 is 6.09 Å². The van der Waals surface area contributed by atoms with E-state index in [-0.39, 0.29) is 25.1 Å². The number of anilines is 1. The fraction of sp³-hybridized carbons (Fsp3) is 0.429. The third-order valence-corrected chi connectivity index (χ3v) is 2.60. The predicted molar refractivity (Wildman–Crippen MR) is 71.8 cm³/mol. The molecule has 5 heteroatoms. The van der Waals surface area contributed by atoms with Crippen LogP contribution < -0.4 is 5.32 Å². The van der Waals surface area contributed by atoms with Crippen LogP contribution in [0.5, 0.6) is 0 Å². The maximum atomic E-state index is 11.4. The first-order valence-corrected chi connectivity index (χ1v) is 6.29. The number of para-hydroxylation sites is 1. The molecule has 0 aliphatic heterocycles. The van der Waals surface area contributed by atoms with Gasteiger partial charge in [-0.25, -0.2) is 4.79 Å². The van der Waals surface area contributed by atoms with Gasteiger partial charge in [0.25, 0.3) is 0 Å². The van der Waals surface area contributed by atoms with E-state index in [0.29, 0.717) is 5.69 Å². The Labute approximate surface area is 112 Å². The lowest BCUT2D eigenvalue weighted by atomic mass is 10.1. The highest BCUT2D eigenvalue weighted by atomic mass is 16.6. The van der Waals surface area contributed by atoms with Crippen molar-refractivity contribution in [3.8, 4) is 0 Å². The van der Waals surface area contributed by atoms with Gasteiger partial charge in [-0.15, -0.1) is 0 Å². The zero-order chi connectivity index (χ0) is 14.1. The zero-order valence-electron chi connectivity index (χ0n) is 11.2. The number of carbonyl (C=O) groups excluding carboxylic acids is 2. The largest absolute Gasteiger partial charge is 0.462 e. The van der Waals surface area contributed by atoms with Crippen LogP contribution in [0.25, 0.3) is 0 Å². The van der Waals surface area contributed by atoms with Crippen LogP contribution in [0.4, 0.5) is 10.5 Å². The number of nitrogens with one attached hydrogen (secondary N) is 1. The lowest BCUT2D eigenvalue weighted by molar-refractivity contribution is -0.149. The Kier molecular flexibility index (Phi) is 6.43. The van der Waals surface area contributed by atoms with Crippen LogP contribution in [-0.4, -0.2) is 25.3 Å². The molecular weight excluding hydrogens is 246 g/mol. The van der Waals surface area contributed by atoms with E-state index in [2.05, 4.69) is 5.32 Å². The van der Waals surface area contributed by atoms with Gasteiger partial charge in [0.1, 0.15) is 13.2 Å². The maximum absolute atomic E-state index is 11.4. The lowest BCUT2D eigenvalue weighted by Gasteiger charge is -2.10. The molecule has 0 aromatic heterocycles. The molecule has 1 aromatic carbocycles. The second-order valence-corrected chi connectivity index (χ2v) is 4.10. The Morgan fingerprint density at radius 2 is 1.79 bits per heavy atom. The van der Waals surface area contributed by atoms with Crippen molar-refractivity contribution in [3.63, 3.8) is 0 Å². The summed E-state index contributed by atoms with van der Waals surface area (Å²) in [6, 6.07) is 8.98. The molecule has 104 valence electrons. The molecule has 0 aliphatic rings. The van der Waals surface area contributed by atoms with Crippen LogP contribution >= 0.6 is 0 Å². The number of esters is 1. The van der Waals surface area contributed by atoms with Crippen molar-refractivity contribution in [1.29, 1.82) is 0 Å². The first kappa shape index (κ1) is 15.0. The number of benzene rings is 1. The minimum absolute atomic E-state index is 0.0425. The van der Waals surface area contributed by atoms with Gasteiger partial charge in [-0.05, 0) is 18.6 Å². The van der Waals surface area contributed by atoms with Crippen molar-refractivity contribution >= 4 is 17.7 Å². The number of ether oxygens (including phenoxy) is 2. The summed E-state index contributed by atoms with van der Waals surface area (Å²) in [5, 5.41) is 2.56. The van der Waals surface area contributed by atoms with E-state index in [1.165, 1.54) is 0 Å². The number of amides is 1. The van der Waals surface area contributed by atoms with E-state index in [4.69, 9.17) is 9.47 Å². The Balaban J connectivity index is 2.16. The van der Waals surface area contributed by atoms with Gasteiger partial charge in [-0.3, -0.25) is 10.1 Å². The summed E-state index contributed by atoms with van der Waals surface area (Å²) in [6.45, 7) is 3.83. The number of hydrogen-bond donors (Lipinski definition) is 1. The summed E-state index contributed by atoms with van der Waals surface area (Å²) in [7, 11) is 0. The maximum Gasteiger partial charge on any atom is 0.411 e. The molecule has 1 amide bonds. The summed E-state index contributed by atoms with van der Waals surface area (Å²) >= 11 is 0. The molecule has 5 nitrogen and oxygen atoms in total. The van der Waals surface area contributed by atoms with E-state index in [1.54, 1.807) is 19.1 Å². The monoisotopic (exact) mass is 265 g/mol. The number of carbonyl (C=O) groups is 2. The molecule has 0 radical (unpaired) electrons. The summed E-state index contributed by atoms with van der Waals surface area (Å²) in [5.41, 5.74) is 0.657. The third kappa shape index (κ3) is 5.90. The van der Waals surface area contributed by atoms with Crippen molar-refractivity contribution in [3.05, 3.63) is 30.3 Å². The predicted octanol–water partition coefficient (Wildman–Crippen LogP) is 2.82. The second kappa shape index (κ2) is 8.13. The van der Waals surface area contributed by atoms with Crippen molar-refractivity contribution in [2.24, 2.45) is 5.92 Å². The standard InChI is InChI=1S/C14H19NO4/c1-3-11(2)13(16)18-9-10-19-14(17)15-12-7-5-4-6-8-12/h4-8,11H,3,9-10H2,1-2H3,(H,15,17). The van der Waals surface area contributed by atoms with Crippen LogP contribution in [0.3, 0.4) is 0 Å². The number of hydrogen-bond acceptors (Lipinski definition) is 4. The van der Waals surface area contributed by atoms with Gasteiger partial charge in [0.05, 0.1) is 5.92 Å². The highest BCUT2D eigenvalue weighted by Crippen LogP contribution is 2.05. The fourth-order valence-corrected chi connectivity index (χ4v) is 1.26. The topological polar surface area (TPSA) is 64.6 Å². The molecule has 0 heterocycles. The molecule has 0 aliphatic carbocycles. The Morgan fingerprint density at radius 3 is 2.42 bits per heavy atom. The minimum Gasteiger partial charge on any atom is -0.462 e. The van der Waals surface area contributed by atoms with Crippen LogP contribution in [0.15, 0.2) is 30.3 Å². The van der Waals surface area contributed by atoms with Gasteiger partial charge < -0.3 is 9.47 Å². The molecule has 0 bridgehead atoms. The average Bonchev–Trinajstić information content (AvgIpc) is 2.43. The Morgan fingerprint density at radius 1 is 1.16 bits per heavy atom. The third-order valence-electron chi connectivity index (χ3n) is 2.60. The van der Waals surface area contributed by atoms with Crippen LogP contribution in [-0.2, 0) is 14.3 Å². The molecule has 1 aromatic rings. The zero-order valence-corrected chi connectivity index (χ0v) is 11.2. The Hall–Kier alpha value is -2.04. The van der Waals surface area contributed by atoms with E-state index in [9.17, 15) is 9.59 Å². The summed E-state index contributed by atoms with van der Waals surface area (Å²) < 4.78 is 9.83. The molecule has 0 saturated heterocycles. The Bertz CT molecular complexity index is 405. The van der Waals surface area contributed by atoms with Crippen LogP contribution in [0.2, 0.25) is 0 Å². The highest BCUT2D eigenvalue weighted by molar-refractivity contribution is 5.84.